The SMILES string of the molecule is OC1CNCC1c1cn(Cc2ccccc2)nn1. The van der Waals surface area contributed by atoms with Gasteiger partial charge in [-0.3, -0.25) is 0 Å². The Morgan fingerprint density at radius 1 is 1.28 bits per heavy atom. The Kier molecular flexibility index (Phi) is 3.08. The fraction of sp³-hybridized carbons (Fsp3) is 0.385. The summed E-state index contributed by atoms with van der Waals surface area (Å²) in [5, 5.41) is 21.2. The highest BCUT2D eigenvalue weighted by Gasteiger charge is 2.28. The molecule has 2 N–H and O–H groups in total. The van der Waals surface area contributed by atoms with Gasteiger partial charge in [0.2, 0.25) is 0 Å². The summed E-state index contributed by atoms with van der Waals surface area (Å²) in [6, 6.07) is 10.1. The highest BCUT2D eigenvalue weighted by Crippen LogP contribution is 2.20. The molecular formula is C13H16N4O. The number of benzene rings is 1. The van der Waals surface area contributed by atoms with Crippen molar-refractivity contribution in [1.29, 1.82) is 0 Å². The van der Waals surface area contributed by atoms with Crippen LogP contribution in [0.1, 0.15) is 17.2 Å². The third-order valence-electron chi connectivity index (χ3n) is 3.31. The fourth-order valence-electron chi connectivity index (χ4n) is 2.30. The quantitative estimate of drug-likeness (QED) is 0.819. The van der Waals surface area contributed by atoms with Crippen molar-refractivity contribution in [1.82, 2.24) is 20.3 Å². The van der Waals surface area contributed by atoms with E-state index in [1.807, 2.05) is 29.1 Å². The predicted octanol–water partition coefficient (Wildman–Crippen LogP) is 0.374. The van der Waals surface area contributed by atoms with Crippen molar-refractivity contribution in [2.75, 3.05) is 13.1 Å². The Hall–Kier alpha value is -1.72. The van der Waals surface area contributed by atoms with Gasteiger partial charge in [0.25, 0.3) is 0 Å². The second-order valence-electron chi connectivity index (χ2n) is 4.66. The molecule has 1 saturated heterocycles. The van der Waals surface area contributed by atoms with Gasteiger partial charge >= 0.3 is 0 Å². The Bertz CT molecular complexity index is 511. The standard InChI is InChI=1S/C13H16N4O/c18-13-7-14-6-11(13)12-9-17(16-15-12)8-10-4-2-1-3-5-10/h1-5,9,11,13-14,18H,6-8H2. The van der Waals surface area contributed by atoms with Crippen molar-refractivity contribution in [3.63, 3.8) is 0 Å². The van der Waals surface area contributed by atoms with Gasteiger partial charge in [0, 0.05) is 25.2 Å². The number of nitrogens with one attached hydrogen (secondary N) is 1. The molecule has 1 fully saturated rings. The minimum absolute atomic E-state index is 0.0644. The van der Waals surface area contributed by atoms with Crippen LogP contribution in [0.3, 0.4) is 0 Å². The average Bonchev–Trinajstić information content (AvgIpc) is 2.99. The van der Waals surface area contributed by atoms with Crippen LogP contribution < -0.4 is 5.32 Å². The van der Waals surface area contributed by atoms with Crippen molar-refractivity contribution in [3.8, 4) is 0 Å². The van der Waals surface area contributed by atoms with Crippen LogP contribution in [0, 0.1) is 0 Å². The second-order valence-corrected chi connectivity index (χ2v) is 4.66. The molecule has 0 saturated carbocycles. The first kappa shape index (κ1) is 11.4. The molecule has 5 nitrogen and oxygen atoms in total. The van der Waals surface area contributed by atoms with Crippen LogP contribution in [-0.2, 0) is 6.54 Å². The molecule has 0 aliphatic carbocycles. The fourth-order valence-corrected chi connectivity index (χ4v) is 2.30. The molecule has 2 unspecified atom stereocenters. The van der Waals surface area contributed by atoms with Gasteiger partial charge in [-0.05, 0) is 5.56 Å². The number of aliphatic hydroxyl groups excluding tert-OH is 1. The largest absolute Gasteiger partial charge is 0.391 e. The van der Waals surface area contributed by atoms with E-state index in [4.69, 9.17) is 0 Å². The van der Waals surface area contributed by atoms with E-state index in [0.29, 0.717) is 13.1 Å². The summed E-state index contributed by atoms with van der Waals surface area (Å²) in [4.78, 5) is 0. The summed E-state index contributed by atoms with van der Waals surface area (Å²) in [7, 11) is 0. The molecule has 0 amide bonds. The van der Waals surface area contributed by atoms with Crippen LogP contribution in [0.15, 0.2) is 36.5 Å². The molecule has 2 atom stereocenters. The van der Waals surface area contributed by atoms with Crippen LogP contribution in [0.25, 0.3) is 0 Å². The minimum atomic E-state index is -0.355. The van der Waals surface area contributed by atoms with Crippen molar-refractivity contribution in [2.24, 2.45) is 0 Å². The molecule has 5 heteroatoms. The second kappa shape index (κ2) is 4.88. The minimum Gasteiger partial charge on any atom is -0.391 e. The van der Waals surface area contributed by atoms with Gasteiger partial charge in [0.05, 0.1) is 18.3 Å². The van der Waals surface area contributed by atoms with E-state index in [0.717, 1.165) is 12.2 Å². The molecule has 94 valence electrons. The zero-order chi connectivity index (χ0) is 12.4. The molecular weight excluding hydrogens is 228 g/mol. The van der Waals surface area contributed by atoms with Crippen molar-refractivity contribution in [2.45, 2.75) is 18.6 Å². The van der Waals surface area contributed by atoms with Crippen LogP contribution >= 0.6 is 0 Å². The first-order valence-corrected chi connectivity index (χ1v) is 6.15. The smallest absolute Gasteiger partial charge is 0.0897 e. The third kappa shape index (κ3) is 2.27. The summed E-state index contributed by atoms with van der Waals surface area (Å²) >= 11 is 0. The Balaban J connectivity index is 1.74. The van der Waals surface area contributed by atoms with Gasteiger partial charge in [0.1, 0.15) is 0 Å². The Labute approximate surface area is 105 Å². The number of hydrogen-bond acceptors (Lipinski definition) is 4. The molecule has 1 aromatic heterocycles. The number of rotatable bonds is 3. The van der Waals surface area contributed by atoms with Crippen molar-refractivity contribution < 1.29 is 5.11 Å². The molecule has 1 aliphatic rings. The summed E-state index contributed by atoms with van der Waals surface area (Å²) in [5.41, 5.74) is 2.06. The van der Waals surface area contributed by atoms with Gasteiger partial charge in [0.15, 0.2) is 0 Å². The Morgan fingerprint density at radius 2 is 2.11 bits per heavy atom. The first-order valence-electron chi connectivity index (χ1n) is 6.15. The van der Waals surface area contributed by atoms with Gasteiger partial charge in [-0.25, -0.2) is 4.68 Å². The highest BCUT2D eigenvalue weighted by molar-refractivity contribution is 5.15. The van der Waals surface area contributed by atoms with E-state index in [2.05, 4.69) is 27.8 Å². The zero-order valence-corrected chi connectivity index (χ0v) is 10.0. The third-order valence-corrected chi connectivity index (χ3v) is 3.31. The van der Waals surface area contributed by atoms with Crippen LogP contribution in [0.4, 0.5) is 0 Å². The molecule has 1 aliphatic heterocycles. The molecule has 0 bridgehead atoms. The maximum atomic E-state index is 9.80. The van der Waals surface area contributed by atoms with E-state index in [9.17, 15) is 5.11 Å². The van der Waals surface area contributed by atoms with Gasteiger partial charge in [-0.2, -0.15) is 0 Å². The molecule has 1 aromatic carbocycles. The number of nitrogens with zero attached hydrogens (tertiary/aromatic N) is 3. The lowest BCUT2D eigenvalue weighted by atomic mass is 10.0. The zero-order valence-electron chi connectivity index (χ0n) is 10.0. The van der Waals surface area contributed by atoms with E-state index in [1.165, 1.54) is 5.56 Å². The van der Waals surface area contributed by atoms with E-state index < -0.39 is 0 Å². The number of hydrogen-bond donors (Lipinski definition) is 2. The molecule has 18 heavy (non-hydrogen) atoms. The van der Waals surface area contributed by atoms with E-state index in [1.54, 1.807) is 0 Å². The molecule has 3 rings (SSSR count). The van der Waals surface area contributed by atoms with Crippen molar-refractivity contribution >= 4 is 0 Å². The number of β-amino-alcohol motifs (C(OH)–C–C–N with tert-alkyl or cyclic N) is 1. The normalized spacial score (nSPS) is 23.4. The van der Waals surface area contributed by atoms with Crippen LogP contribution in [0.2, 0.25) is 0 Å². The lowest BCUT2D eigenvalue weighted by molar-refractivity contribution is 0.176. The maximum absolute atomic E-state index is 9.80. The topological polar surface area (TPSA) is 63.0 Å². The molecule has 0 radical (unpaired) electrons. The summed E-state index contributed by atoms with van der Waals surface area (Å²) in [6.45, 7) is 2.12. The highest BCUT2D eigenvalue weighted by atomic mass is 16.3. The molecule has 0 spiro atoms. The monoisotopic (exact) mass is 244 g/mol. The first-order chi connectivity index (χ1) is 8.83. The van der Waals surface area contributed by atoms with Gasteiger partial charge in [-0.1, -0.05) is 35.5 Å². The van der Waals surface area contributed by atoms with Gasteiger partial charge in [-0.15, -0.1) is 5.10 Å². The summed E-state index contributed by atoms with van der Waals surface area (Å²) in [5.74, 6) is 0.0644. The van der Waals surface area contributed by atoms with Gasteiger partial charge < -0.3 is 10.4 Å². The van der Waals surface area contributed by atoms with Crippen molar-refractivity contribution in [3.05, 3.63) is 47.8 Å². The average molecular weight is 244 g/mol. The summed E-state index contributed by atoms with van der Waals surface area (Å²) in [6.07, 6.45) is 1.57. The van der Waals surface area contributed by atoms with E-state index >= 15 is 0 Å². The predicted molar refractivity (Wildman–Crippen MR) is 67.2 cm³/mol. The maximum Gasteiger partial charge on any atom is 0.0897 e. The molecule has 2 aromatic rings. The molecule has 2 heterocycles. The number of aromatic nitrogens is 3. The Morgan fingerprint density at radius 3 is 2.83 bits per heavy atom. The van der Waals surface area contributed by atoms with Crippen LogP contribution in [-0.4, -0.2) is 39.3 Å². The lowest BCUT2D eigenvalue weighted by Gasteiger charge is -2.08. The number of aliphatic hydroxyl groups is 1. The summed E-state index contributed by atoms with van der Waals surface area (Å²) < 4.78 is 1.82. The van der Waals surface area contributed by atoms with Crippen LogP contribution in [0.5, 0.6) is 0 Å². The van der Waals surface area contributed by atoms with E-state index in [-0.39, 0.29) is 12.0 Å². The lowest BCUT2D eigenvalue weighted by Crippen LogP contribution is -2.16.